The van der Waals surface area contributed by atoms with E-state index in [9.17, 15) is 4.79 Å². The monoisotopic (exact) mass is 263 g/mol. The molecule has 1 aromatic carbocycles. The number of nitrogens with two attached hydrogens (primary N) is 2. The molecule has 1 aliphatic rings. The predicted octanol–water partition coefficient (Wildman–Crippen LogP) is 1.37. The first-order valence-electron chi connectivity index (χ1n) is 6.40. The van der Waals surface area contributed by atoms with Gasteiger partial charge in [0.1, 0.15) is 0 Å². The topological polar surface area (TPSA) is 81.6 Å². The Morgan fingerprint density at radius 3 is 2.74 bits per heavy atom. The van der Waals surface area contributed by atoms with E-state index >= 15 is 0 Å². The second kappa shape index (κ2) is 4.74. The molecule has 104 valence electrons. The van der Waals surface area contributed by atoms with Crippen molar-refractivity contribution in [3.8, 4) is 0 Å². The molecular formula is C14H21N3O2. The van der Waals surface area contributed by atoms with E-state index < -0.39 is 5.91 Å². The quantitative estimate of drug-likeness (QED) is 0.790. The van der Waals surface area contributed by atoms with Crippen LogP contribution >= 0.6 is 0 Å². The summed E-state index contributed by atoms with van der Waals surface area (Å²) >= 11 is 0. The Balaban J connectivity index is 2.40. The third kappa shape index (κ3) is 2.98. The summed E-state index contributed by atoms with van der Waals surface area (Å²) in [5.74, 6) is -0.438. The highest BCUT2D eigenvalue weighted by molar-refractivity contribution is 5.99. The van der Waals surface area contributed by atoms with E-state index in [-0.39, 0.29) is 11.7 Å². The van der Waals surface area contributed by atoms with Crippen molar-refractivity contribution in [1.29, 1.82) is 0 Å². The molecule has 4 N–H and O–H groups in total. The molecule has 19 heavy (non-hydrogen) atoms. The number of morpholine rings is 1. The van der Waals surface area contributed by atoms with Gasteiger partial charge in [-0.05, 0) is 39.0 Å². The molecule has 1 aliphatic heterocycles. The van der Waals surface area contributed by atoms with E-state index in [1.54, 1.807) is 18.2 Å². The van der Waals surface area contributed by atoms with Crippen molar-refractivity contribution in [2.24, 2.45) is 5.73 Å². The van der Waals surface area contributed by atoms with E-state index in [0.29, 0.717) is 24.3 Å². The number of nitrogen functional groups attached to an aromatic ring is 1. The number of amides is 1. The maximum atomic E-state index is 11.5. The lowest BCUT2D eigenvalue weighted by molar-refractivity contribution is -0.0750. The number of anilines is 2. The minimum Gasteiger partial charge on any atom is -0.399 e. The average molecular weight is 263 g/mol. The SMILES string of the molecule is CC1CN(c2cc(N)ccc2C(N)=O)CC(C)(C)O1. The van der Waals surface area contributed by atoms with Crippen molar-refractivity contribution in [3.63, 3.8) is 0 Å². The summed E-state index contributed by atoms with van der Waals surface area (Å²) in [6, 6.07) is 5.17. The summed E-state index contributed by atoms with van der Waals surface area (Å²) in [5.41, 5.74) is 12.9. The maximum absolute atomic E-state index is 11.5. The number of carbonyl (C=O) groups excluding carboxylic acids is 1. The van der Waals surface area contributed by atoms with Crippen LogP contribution in [0.3, 0.4) is 0 Å². The average Bonchev–Trinajstić information content (AvgIpc) is 2.25. The highest BCUT2D eigenvalue weighted by atomic mass is 16.5. The van der Waals surface area contributed by atoms with Gasteiger partial charge in [0.25, 0.3) is 5.91 Å². The van der Waals surface area contributed by atoms with Crippen LogP contribution in [0.15, 0.2) is 18.2 Å². The van der Waals surface area contributed by atoms with Gasteiger partial charge in [-0.3, -0.25) is 4.79 Å². The van der Waals surface area contributed by atoms with Crippen molar-refractivity contribution >= 4 is 17.3 Å². The minimum atomic E-state index is -0.438. The zero-order chi connectivity index (χ0) is 14.2. The molecule has 2 rings (SSSR count). The van der Waals surface area contributed by atoms with Crippen LogP contribution in [0.4, 0.5) is 11.4 Å². The Morgan fingerprint density at radius 1 is 1.47 bits per heavy atom. The fourth-order valence-electron chi connectivity index (χ4n) is 2.66. The van der Waals surface area contributed by atoms with Crippen LogP contribution in [0.2, 0.25) is 0 Å². The maximum Gasteiger partial charge on any atom is 0.250 e. The van der Waals surface area contributed by atoms with Crippen molar-refractivity contribution in [1.82, 2.24) is 0 Å². The van der Waals surface area contributed by atoms with Gasteiger partial charge >= 0.3 is 0 Å². The Morgan fingerprint density at radius 2 is 2.16 bits per heavy atom. The largest absolute Gasteiger partial charge is 0.399 e. The number of rotatable bonds is 2. The fourth-order valence-corrected chi connectivity index (χ4v) is 2.66. The predicted molar refractivity (Wildman–Crippen MR) is 76.2 cm³/mol. The van der Waals surface area contributed by atoms with Crippen LogP contribution in [0, 0.1) is 0 Å². The fraction of sp³-hybridized carbons (Fsp3) is 0.500. The number of hydrogen-bond acceptors (Lipinski definition) is 4. The number of ether oxygens (including phenoxy) is 1. The Hall–Kier alpha value is -1.75. The third-order valence-corrected chi connectivity index (χ3v) is 3.20. The van der Waals surface area contributed by atoms with Crippen LogP contribution in [0.5, 0.6) is 0 Å². The highest BCUT2D eigenvalue weighted by Gasteiger charge is 2.32. The van der Waals surface area contributed by atoms with E-state index in [4.69, 9.17) is 16.2 Å². The normalized spacial score (nSPS) is 22.3. The van der Waals surface area contributed by atoms with Crippen molar-refractivity contribution in [2.75, 3.05) is 23.7 Å². The van der Waals surface area contributed by atoms with Gasteiger partial charge in [0, 0.05) is 18.8 Å². The van der Waals surface area contributed by atoms with E-state index in [1.807, 2.05) is 20.8 Å². The summed E-state index contributed by atoms with van der Waals surface area (Å²) < 4.78 is 5.87. The van der Waals surface area contributed by atoms with Gasteiger partial charge in [-0.15, -0.1) is 0 Å². The van der Waals surface area contributed by atoms with Crippen molar-refractivity contribution in [3.05, 3.63) is 23.8 Å². The molecule has 1 fully saturated rings. The van der Waals surface area contributed by atoms with Gasteiger partial charge < -0.3 is 21.1 Å². The van der Waals surface area contributed by atoms with Gasteiger partial charge in [0.05, 0.1) is 23.0 Å². The lowest BCUT2D eigenvalue weighted by Crippen LogP contribution is -2.52. The van der Waals surface area contributed by atoms with Crippen LogP contribution < -0.4 is 16.4 Å². The molecule has 5 nitrogen and oxygen atoms in total. The molecule has 5 heteroatoms. The number of benzene rings is 1. The van der Waals surface area contributed by atoms with Gasteiger partial charge in [-0.25, -0.2) is 0 Å². The third-order valence-electron chi connectivity index (χ3n) is 3.20. The number of nitrogens with zero attached hydrogens (tertiary/aromatic N) is 1. The second-order valence-corrected chi connectivity index (χ2v) is 5.71. The van der Waals surface area contributed by atoms with E-state index in [1.165, 1.54) is 0 Å². The lowest BCUT2D eigenvalue weighted by atomic mass is 10.0. The van der Waals surface area contributed by atoms with Crippen LogP contribution in [0.25, 0.3) is 0 Å². The molecule has 1 aromatic rings. The Kier molecular flexibility index (Phi) is 3.41. The molecule has 0 aliphatic carbocycles. The van der Waals surface area contributed by atoms with Crippen LogP contribution in [-0.2, 0) is 4.74 Å². The molecule has 0 bridgehead atoms. The molecule has 1 saturated heterocycles. The van der Waals surface area contributed by atoms with Crippen LogP contribution in [-0.4, -0.2) is 30.7 Å². The number of hydrogen-bond donors (Lipinski definition) is 2. The lowest BCUT2D eigenvalue weighted by Gasteiger charge is -2.43. The molecule has 1 heterocycles. The summed E-state index contributed by atoms with van der Waals surface area (Å²) in [6.45, 7) is 7.50. The molecule has 0 radical (unpaired) electrons. The summed E-state index contributed by atoms with van der Waals surface area (Å²) in [5, 5.41) is 0. The van der Waals surface area contributed by atoms with E-state index in [0.717, 1.165) is 5.69 Å². The molecule has 0 aromatic heterocycles. The highest BCUT2D eigenvalue weighted by Crippen LogP contribution is 2.29. The Bertz CT molecular complexity index is 499. The number of primary amides is 1. The second-order valence-electron chi connectivity index (χ2n) is 5.71. The molecule has 0 saturated carbocycles. The molecule has 1 amide bonds. The molecule has 1 unspecified atom stereocenters. The standard InChI is InChI=1S/C14H21N3O2/c1-9-7-17(8-14(2,3)19-9)12-6-10(15)4-5-11(12)13(16)18/h4-6,9H,7-8,15H2,1-3H3,(H2,16,18). The Labute approximate surface area is 113 Å². The first kappa shape index (κ1) is 13.7. The van der Waals surface area contributed by atoms with Gasteiger partial charge in [0.15, 0.2) is 0 Å². The summed E-state index contributed by atoms with van der Waals surface area (Å²) in [4.78, 5) is 13.7. The molecule has 1 atom stereocenters. The first-order chi connectivity index (χ1) is 8.78. The number of carbonyl (C=O) groups is 1. The van der Waals surface area contributed by atoms with Gasteiger partial charge in [0.2, 0.25) is 0 Å². The summed E-state index contributed by atoms with van der Waals surface area (Å²) in [6.07, 6.45) is 0.0888. The van der Waals surface area contributed by atoms with Crippen LogP contribution in [0.1, 0.15) is 31.1 Å². The van der Waals surface area contributed by atoms with Crippen molar-refractivity contribution < 1.29 is 9.53 Å². The smallest absolute Gasteiger partial charge is 0.250 e. The first-order valence-corrected chi connectivity index (χ1v) is 6.40. The zero-order valence-electron chi connectivity index (χ0n) is 11.6. The molecule has 0 spiro atoms. The van der Waals surface area contributed by atoms with Gasteiger partial charge in [-0.2, -0.15) is 0 Å². The molecular weight excluding hydrogens is 242 g/mol. The minimum absolute atomic E-state index is 0.0888. The van der Waals surface area contributed by atoms with E-state index in [2.05, 4.69) is 4.90 Å². The zero-order valence-corrected chi connectivity index (χ0v) is 11.6. The summed E-state index contributed by atoms with van der Waals surface area (Å²) in [7, 11) is 0. The van der Waals surface area contributed by atoms with Crippen molar-refractivity contribution in [2.45, 2.75) is 32.5 Å². The van der Waals surface area contributed by atoms with Gasteiger partial charge in [-0.1, -0.05) is 0 Å².